The summed E-state index contributed by atoms with van der Waals surface area (Å²) >= 11 is 3.18. The maximum Gasteiger partial charge on any atom is 0.226 e. The first-order valence-electron chi connectivity index (χ1n) is 4.55. The van der Waals surface area contributed by atoms with Gasteiger partial charge in [-0.25, -0.2) is 21.6 Å². The quantitative estimate of drug-likeness (QED) is 0.461. The summed E-state index contributed by atoms with van der Waals surface area (Å²) in [6.45, 7) is 1.18. The van der Waals surface area contributed by atoms with E-state index in [9.17, 15) is 16.8 Å². The van der Waals surface area contributed by atoms with Crippen LogP contribution in [0.2, 0.25) is 0 Å². The molecule has 1 N–H and O–H groups in total. The van der Waals surface area contributed by atoms with E-state index in [2.05, 4.69) is 20.7 Å². The lowest BCUT2D eigenvalue weighted by atomic mass is 10.5. The van der Waals surface area contributed by atoms with Gasteiger partial charge in [0, 0.05) is 24.7 Å². The van der Waals surface area contributed by atoms with Crippen molar-refractivity contribution in [3.8, 4) is 0 Å². The van der Waals surface area contributed by atoms with E-state index in [4.69, 9.17) is 4.74 Å². The van der Waals surface area contributed by atoms with E-state index in [1.807, 2.05) is 0 Å². The van der Waals surface area contributed by atoms with Gasteiger partial charge in [0.15, 0.2) is 14.9 Å². The second-order valence-electron chi connectivity index (χ2n) is 3.21. The highest BCUT2D eigenvalue weighted by molar-refractivity contribution is 9.09. The molecule has 0 aliphatic rings. The highest BCUT2D eigenvalue weighted by atomic mass is 79.9. The van der Waals surface area contributed by atoms with Crippen molar-refractivity contribution in [1.82, 2.24) is 4.72 Å². The van der Waals surface area contributed by atoms with Gasteiger partial charge >= 0.3 is 0 Å². The van der Waals surface area contributed by atoms with Crippen molar-refractivity contribution < 1.29 is 21.6 Å². The highest BCUT2D eigenvalue weighted by Crippen LogP contribution is 1.92. The zero-order valence-electron chi connectivity index (χ0n) is 8.98. The van der Waals surface area contributed by atoms with Crippen molar-refractivity contribution in [2.45, 2.75) is 6.42 Å². The molecule has 0 aromatic carbocycles. The zero-order chi connectivity index (χ0) is 12.7. The molecule has 0 unspecified atom stereocenters. The molecule has 0 fully saturated rings. The lowest BCUT2D eigenvalue weighted by molar-refractivity contribution is 0.149. The van der Waals surface area contributed by atoms with Gasteiger partial charge in [0.05, 0.1) is 6.61 Å². The van der Waals surface area contributed by atoms with E-state index in [1.54, 1.807) is 0 Å². The van der Waals surface area contributed by atoms with E-state index in [1.165, 1.54) is 0 Å². The average molecular weight is 338 g/mol. The third-order valence-corrected chi connectivity index (χ3v) is 5.30. The Morgan fingerprint density at radius 3 is 2.31 bits per heavy atom. The number of rotatable bonds is 9. The topological polar surface area (TPSA) is 89.5 Å². The molecule has 0 aliphatic carbocycles. The van der Waals surface area contributed by atoms with Gasteiger partial charge in [0.1, 0.15) is 0 Å². The predicted octanol–water partition coefficient (Wildman–Crippen LogP) is -0.290. The number of halogens is 1. The normalized spacial score (nSPS) is 12.9. The Hall–Kier alpha value is 0.300. The van der Waals surface area contributed by atoms with E-state index in [-0.39, 0.29) is 6.54 Å². The van der Waals surface area contributed by atoms with Crippen molar-refractivity contribution in [2.24, 2.45) is 0 Å². The van der Waals surface area contributed by atoms with Crippen LogP contribution in [0.3, 0.4) is 0 Å². The van der Waals surface area contributed by atoms with Crippen molar-refractivity contribution >= 4 is 35.8 Å². The molecule has 0 rings (SSSR count). The summed E-state index contributed by atoms with van der Waals surface area (Å²) in [6.07, 6.45) is 1.39. The molecule has 9 heteroatoms. The molecule has 98 valence electrons. The van der Waals surface area contributed by atoms with Gasteiger partial charge in [-0.2, -0.15) is 0 Å². The largest absolute Gasteiger partial charge is 0.381 e. The van der Waals surface area contributed by atoms with Crippen molar-refractivity contribution in [1.29, 1.82) is 0 Å². The van der Waals surface area contributed by atoms with Crippen molar-refractivity contribution in [3.63, 3.8) is 0 Å². The second-order valence-corrected chi connectivity index (χ2v) is 8.31. The smallest absolute Gasteiger partial charge is 0.226 e. The molecule has 0 aliphatic heterocycles. The van der Waals surface area contributed by atoms with Crippen LogP contribution in [0.1, 0.15) is 6.42 Å². The second kappa shape index (κ2) is 7.59. The van der Waals surface area contributed by atoms with Gasteiger partial charge in [0.25, 0.3) is 0 Å². The molecule has 0 atom stereocenters. The number of alkyl halides is 1. The minimum Gasteiger partial charge on any atom is -0.381 e. The first kappa shape index (κ1) is 16.3. The molecule has 0 saturated carbocycles. The maximum atomic E-state index is 11.2. The molecule has 0 aromatic heterocycles. The molecular weight excluding hydrogens is 322 g/mol. The third-order valence-electron chi connectivity index (χ3n) is 1.38. The van der Waals surface area contributed by atoms with Crippen LogP contribution >= 0.6 is 15.9 Å². The molecule has 0 bridgehead atoms. The molecule has 0 amide bonds. The van der Waals surface area contributed by atoms with Gasteiger partial charge in [-0.15, -0.1) is 0 Å². The highest BCUT2D eigenvalue weighted by Gasteiger charge is 2.16. The molecule has 0 heterocycles. The number of hydrogen-bond acceptors (Lipinski definition) is 5. The van der Waals surface area contributed by atoms with Gasteiger partial charge < -0.3 is 4.74 Å². The summed E-state index contributed by atoms with van der Waals surface area (Å²) in [5, 5.41) is -0.144. The Kier molecular flexibility index (Phi) is 7.73. The van der Waals surface area contributed by atoms with Crippen LogP contribution < -0.4 is 4.72 Å². The number of ether oxygens (including phenoxy) is 1. The van der Waals surface area contributed by atoms with Crippen LogP contribution in [0.15, 0.2) is 0 Å². The standard InChI is InChI=1S/C7H16BrNO5S2/c1-15(10,11)7-16(12,13)9-4-2-5-14-6-3-8/h9H,2-7H2,1H3. The molecule has 0 aromatic rings. The summed E-state index contributed by atoms with van der Waals surface area (Å²) in [6, 6.07) is 0. The van der Waals surface area contributed by atoms with E-state index in [0.29, 0.717) is 19.6 Å². The first-order chi connectivity index (χ1) is 7.27. The van der Waals surface area contributed by atoms with Gasteiger partial charge in [-0.3, -0.25) is 0 Å². The minimum absolute atomic E-state index is 0.181. The van der Waals surface area contributed by atoms with E-state index in [0.717, 1.165) is 11.6 Å². The fraction of sp³-hybridized carbons (Fsp3) is 1.00. The third kappa shape index (κ3) is 10.8. The van der Waals surface area contributed by atoms with E-state index >= 15 is 0 Å². The lowest BCUT2D eigenvalue weighted by Crippen LogP contribution is -2.31. The Balaban J connectivity index is 3.76. The average Bonchev–Trinajstić information content (AvgIpc) is 2.06. The van der Waals surface area contributed by atoms with Crippen LogP contribution in [0.25, 0.3) is 0 Å². The fourth-order valence-corrected chi connectivity index (χ4v) is 4.15. The monoisotopic (exact) mass is 337 g/mol. The van der Waals surface area contributed by atoms with Crippen LogP contribution in [0, 0.1) is 0 Å². The first-order valence-corrected chi connectivity index (χ1v) is 9.39. The fourth-order valence-electron chi connectivity index (χ4n) is 0.882. The summed E-state index contributed by atoms with van der Waals surface area (Å²) in [4.78, 5) is 0. The predicted molar refractivity (Wildman–Crippen MR) is 65.9 cm³/mol. The molecular formula is C7H16BrNO5S2. The molecule has 0 saturated heterocycles. The van der Waals surface area contributed by atoms with Crippen LogP contribution in [0.4, 0.5) is 0 Å². The zero-order valence-corrected chi connectivity index (χ0v) is 12.2. The van der Waals surface area contributed by atoms with Gasteiger partial charge in [0.2, 0.25) is 10.0 Å². The summed E-state index contributed by atoms with van der Waals surface area (Å²) in [5.74, 6) is 0. The number of hydrogen-bond donors (Lipinski definition) is 1. The molecule has 0 spiro atoms. The lowest BCUT2D eigenvalue weighted by Gasteiger charge is -2.05. The Bertz CT molecular complexity index is 378. The molecule has 0 radical (unpaired) electrons. The Morgan fingerprint density at radius 1 is 1.19 bits per heavy atom. The number of nitrogens with one attached hydrogen (secondary N) is 1. The number of sulfone groups is 1. The Labute approximate surface area is 105 Å². The summed E-state index contributed by atoms with van der Waals surface area (Å²) < 4.78 is 51.2. The van der Waals surface area contributed by atoms with Crippen molar-refractivity contribution in [2.75, 3.05) is 36.4 Å². The Morgan fingerprint density at radius 2 is 1.81 bits per heavy atom. The van der Waals surface area contributed by atoms with E-state index < -0.39 is 24.9 Å². The summed E-state index contributed by atoms with van der Waals surface area (Å²) in [7, 11) is -7.26. The molecule has 16 heavy (non-hydrogen) atoms. The van der Waals surface area contributed by atoms with Gasteiger partial charge in [-0.1, -0.05) is 15.9 Å². The minimum atomic E-state index is -3.73. The maximum absolute atomic E-state index is 11.2. The van der Waals surface area contributed by atoms with Crippen LogP contribution in [-0.2, 0) is 24.6 Å². The van der Waals surface area contributed by atoms with Crippen LogP contribution in [-0.4, -0.2) is 53.3 Å². The van der Waals surface area contributed by atoms with Gasteiger partial charge in [-0.05, 0) is 6.42 Å². The van der Waals surface area contributed by atoms with Crippen LogP contribution in [0.5, 0.6) is 0 Å². The van der Waals surface area contributed by atoms with Crippen molar-refractivity contribution in [3.05, 3.63) is 0 Å². The number of sulfonamides is 1. The SMILES string of the molecule is CS(=O)(=O)CS(=O)(=O)NCCCOCCBr. The summed E-state index contributed by atoms with van der Waals surface area (Å²) in [5.41, 5.74) is 0. The molecule has 6 nitrogen and oxygen atoms in total.